The lowest BCUT2D eigenvalue weighted by Crippen LogP contribution is -2.43. The number of carbonyl (C=O) groups excluding carboxylic acids is 1. The molecule has 2 rings (SSSR count). The number of nitrogens with zero attached hydrogens (tertiary/aromatic N) is 1. The van der Waals surface area contributed by atoms with Gasteiger partial charge in [-0.05, 0) is 25.0 Å². The minimum absolute atomic E-state index is 0.000689. The van der Waals surface area contributed by atoms with Crippen molar-refractivity contribution in [2.45, 2.75) is 18.9 Å². The van der Waals surface area contributed by atoms with Gasteiger partial charge in [-0.25, -0.2) is 13.4 Å². The summed E-state index contributed by atoms with van der Waals surface area (Å²) in [5.41, 5.74) is 0.200. The number of amides is 1. The zero-order valence-corrected chi connectivity index (χ0v) is 11.2. The van der Waals surface area contributed by atoms with Gasteiger partial charge in [0.1, 0.15) is 10.8 Å². The average Bonchev–Trinajstić information content (AvgIpc) is 2.27. The van der Waals surface area contributed by atoms with Gasteiger partial charge >= 0.3 is 0 Å². The van der Waals surface area contributed by atoms with E-state index in [0.29, 0.717) is 12.8 Å². The predicted molar refractivity (Wildman–Crippen MR) is 68.4 cm³/mol. The number of halogens is 1. The number of hydrogen-bond acceptors (Lipinski definition) is 4. The number of hydrogen-bond donors (Lipinski definition) is 1. The molecule has 0 aromatic carbocycles. The molecule has 1 aliphatic rings. The van der Waals surface area contributed by atoms with Gasteiger partial charge in [-0.2, -0.15) is 0 Å². The van der Waals surface area contributed by atoms with E-state index in [2.05, 4.69) is 10.3 Å². The summed E-state index contributed by atoms with van der Waals surface area (Å²) < 4.78 is 22.9. The molecule has 18 heavy (non-hydrogen) atoms. The molecule has 98 valence electrons. The Kier molecular flexibility index (Phi) is 3.87. The van der Waals surface area contributed by atoms with Crippen LogP contribution in [0, 0.1) is 0 Å². The first kappa shape index (κ1) is 13.3. The van der Waals surface area contributed by atoms with Crippen molar-refractivity contribution in [3.05, 3.63) is 29.0 Å². The maximum absolute atomic E-state index is 11.8. The van der Waals surface area contributed by atoms with Gasteiger partial charge in [0.05, 0.1) is 11.5 Å². The molecule has 1 N–H and O–H groups in total. The van der Waals surface area contributed by atoms with E-state index >= 15 is 0 Å². The highest BCUT2D eigenvalue weighted by Gasteiger charge is 2.26. The zero-order chi connectivity index (χ0) is 13.2. The average molecular weight is 289 g/mol. The fraction of sp³-hybridized carbons (Fsp3) is 0.455. The lowest BCUT2D eigenvalue weighted by atomic mass is 10.2. The van der Waals surface area contributed by atoms with E-state index in [0.717, 1.165) is 0 Å². The van der Waals surface area contributed by atoms with Crippen molar-refractivity contribution in [2.24, 2.45) is 0 Å². The molecule has 0 bridgehead atoms. The Morgan fingerprint density at radius 3 is 2.89 bits per heavy atom. The van der Waals surface area contributed by atoms with Gasteiger partial charge in [0.15, 0.2) is 9.84 Å². The minimum atomic E-state index is -3.03. The number of aromatic nitrogens is 1. The van der Waals surface area contributed by atoms with Gasteiger partial charge in [-0.3, -0.25) is 4.79 Å². The molecular weight excluding hydrogens is 276 g/mol. The van der Waals surface area contributed by atoms with Crippen LogP contribution in [-0.4, -0.2) is 36.9 Å². The molecule has 1 atom stereocenters. The summed E-state index contributed by atoms with van der Waals surface area (Å²) in [6.07, 6.45) is 1.25. The number of sulfone groups is 1. The molecule has 2 heterocycles. The standard InChI is InChI=1S/C11H13ClN2O3S/c12-10-5-1-4-9(14-10)11(15)13-8-3-2-6-18(16,17)7-8/h1,4-5,8H,2-3,6-7H2,(H,13,15). The van der Waals surface area contributed by atoms with Crippen molar-refractivity contribution in [1.82, 2.24) is 10.3 Å². The van der Waals surface area contributed by atoms with Crippen LogP contribution in [0.3, 0.4) is 0 Å². The van der Waals surface area contributed by atoms with Crippen LogP contribution in [-0.2, 0) is 9.84 Å². The van der Waals surface area contributed by atoms with Crippen molar-refractivity contribution in [1.29, 1.82) is 0 Å². The minimum Gasteiger partial charge on any atom is -0.347 e. The van der Waals surface area contributed by atoms with Crippen LogP contribution in [0.2, 0.25) is 5.15 Å². The molecule has 5 nitrogen and oxygen atoms in total. The number of rotatable bonds is 2. The monoisotopic (exact) mass is 288 g/mol. The Hall–Kier alpha value is -1.14. The Balaban J connectivity index is 2.03. The van der Waals surface area contributed by atoms with Gasteiger partial charge < -0.3 is 5.32 Å². The van der Waals surface area contributed by atoms with E-state index in [1.165, 1.54) is 0 Å². The van der Waals surface area contributed by atoms with Gasteiger partial charge in [-0.15, -0.1) is 0 Å². The van der Waals surface area contributed by atoms with Crippen molar-refractivity contribution >= 4 is 27.3 Å². The smallest absolute Gasteiger partial charge is 0.270 e. The number of nitrogens with one attached hydrogen (secondary N) is 1. The summed E-state index contributed by atoms with van der Waals surface area (Å²) in [6.45, 7) is 0. The maximum Gasteiger partial charge on any atom is 0.270 e. The first-order valence-electron chi connectivity index (χ1n) is 5.60. The summed E-state index contributed by atoms with van der Waals surface area (Å²) >= 11 is 5.69. The highest BCUT2D eigenvalue weighted by atomic mass is 35.5. The van der Waals surface area contributed by atoms with Crippen LogP contribution in [0.25, 0.3) is 0 Å². The third-order valence-corrected chi connectivity index (χ3v) is 4.78. The highest BCUT2D eigenvalue weighted by Crippen LogP contribution is 2.13. The third kappa shape index (κ3) is 3.43. The fourth-order valence-corrected chi connectivity index (χ4v) is 3.73. The topological polar surface area (TPSA) is 76.1 Å². The summed E-state index contributed by atoms with van der Waals surface area (Å²) in [5, 5.41) is 2.91. The molecule has 7 heteroatoms. The molecule has 1 saturated heterocycles. The number of pyridine rings is 1. The molecule has 0 radical (unpaired) electrons. The highest BCUT2D eigenvalue weighted by molar-refractivity contribution is 7.91. The quantitative estimate of drug-likeness (QED) is 0.825. The van der Waals surface area contributed by atoms with E-state index in [4.69, 9.17) is 11.6 Å². The van der Waals surface area contributed by atoms with Gasteiger partial charge in [0.25, 0.3) is 5.91 Å². The van der Waals surface area contributed by atoms with Crippen LogP contribution in [0.4, 0.5) is 0 Å². The second kappa shape index (κ2) is 5.24. The van der Waals surface area contributed by atoms with Crippen LogP contribution >= 0.6 is 11.6 Å². The van der Waals surface area contributed by atoms with Crippen molar-refractivity contribution in [3.63, 3.8) is 0 Å². The molecule has 0 saturated carbocycles. The van der Waals surface area contributed by atoms with Gasteiger partial charge in [0, 0.05) is 6.04 Å². The zero-order valence-electron chi connectivity index (χ0n) is 9.60. The van der Waals surface area contributed by atoms with E-state index in [-0.39, 0.29) is 34.3 Å². The molecule has 1 aromatic heterocycles. The van der Waals surface area contributed by atoms with Gasteiger partial charge in [-0.1, -0.05) is 17.7 Å². The summed E-state index contributed by atoms with van der Waals surface area (Å²) in [4.78, 5) is 15.7. The van der Waals surface area contributed by atoms with Crippen LogP contribution in [0.5, 0.6) is 0 Å². The summed E-state index contributed by atoms with van der Waals surface area (Å²) in [6, 6.07) is 4.40. The first-order valence-corrected chi connectivity index (χ1v) is 7.80. The van der Waals surface area contributed by atoms with Crippen LogP contribution < -0.4 is 5.32 Å². The second-order valence-corrected chi connectivity index (χ2v) is 6.89. The van der Waals surface area contributed by atoms with E-state index < -0.39 is 9.84 Å². The molecule has 0 aliphatic carbocycles. The molecule has 1 fully saturated rings. The Morgan fingerprint density at radius 2 is 2.22 bits per heavy atom. The van der Waals surface area contributed by atoms with Crippen molar-refractivity contribution < 1.29 is 13.2 Å². The lowest BCUT2D eigenvalue weighted by molar-refractivity contribution is 0.0933. The third-order valence-electron chi connectivity index (χ3n) is 2.75. The summed E-state index contributed by atoms with van der Waals surface area (Å²) in [5.74, 6) is -0.187. The molecule has 1 aromatic rings. The SMILES string of the molecule is O=C(NC1CCCS(=O)(=O)C1)c1cccc(Cl)n1. The first-order chi connectivity index (χ1) is 8.46. The molecule has 0 spiro atoms. The van der Waals surface area contributed by atoms with Crippen LogP contribution in [0.15, 0.2) is 18.2 Å². The van der Waals surface area contributed by atoms with Gasteiger partial charge in [0.2, 0.25) is 0 Å². The molecular formula is C11H13ClN2O3S. The number of carbonyl (C=O) groups is 1. The van der Waals surface area contributed by atoms with E-state index in [1.807, 2.05) is 0 Å². The Bertz CT molecular complexity index is 559. The Morgan fingerprint density at radius 1 is 1.44 bits per heavy atom. The molecule has 1 amide bonds. The van der Waals surface area contributed by atoms with E-state index in [9.17, 15) is 13.2 Å². The van der Waals surface area contributed by atoms with Crippen LogP contribution in [0.1, 0.15) is 23.3 Å². The largest absolute Gasteiger partial charge is 0.347 e. The summed E-state index contributed by atoms with van der Waals surface area (Å²) in [7, 11) is -3.03. The Labute approximate surface area is 110 Å². The second-order valence-electron chi connectivity index (χ2n) is 4.27. The van der Waals surface area contributed by atoms with E-state index in [1.54, 1.807) is 18.2 Å². The normalized spacial score (nSPS) is 22.4. The van der Waals surface area contributed by atoms with Crippen molar-refractivity contribution in [2.75, 3.05) is 11.5 Å². The predicted octanol–water partition coefficient (Wildman–Crippen LogP) is 1.04. The molecule has 1 unspecified atom stereocenters. The fourth-order valence-electron chi connectivity index (χ4n) is 1.93. The molecule has 1 aliphatic heterocycles. The lowest BCUT2D eigenvalue weighted by Gasteiger charge is -2.22. The van der Waals surface area contributed by atoms with Crippen molar-refractivity contribution in [3.8, 4) is 0 Å². The maximum atomic E-state index is 11.8.